The third-order valence-electron chi connectivity index (χ3n) is 6.88. The molecule has 1 atom stereocenters. The van der Waals surface area contributed by atoms with Crippen LogP contribution in [-0.4, -0.2) is 46.3 Å². The van der Waals surface area contributed by atoms with Crippen molar-refractivity contribution in [3.05, 3.63) is 80.8 Å². The predicted octanol–water partition coefficient (Wildman–Crippen LogP) is 5.52. The predicted molar refractivity (Wildman–Crippen MR) is 150 cm³/mol. The Morgan fingerprint density at radius 3 is 2.62 bits per heavy atom. The summed E-state index contributed by atoms with van der Waals surface area (Å²) in [6.07, 6.45) is 1.22. The van der Waals surface area contributed by atoms with Gasteiger partial charge in [0.05, 0.1) is 26.8 Å². The molecule has 1 fully saturated rings. The fourth-order valence-electron chi connectivity index (χ4n) is 4.87. The Labute approximate surface area is 231 Å². The molecule has 2 aromatic heterocycles. The Balaban J connectivity index is 1.45. The van der Waals surface area contributed by atoms with Crippen LogP contribution in [0, 0.1) is 0 Å². The minimum Gasteiger partial charge on any atom is -0.497 e. The van der Waals surface area contributed by atoms with Crippen molar-refractivity contribution in [1.82, 2.24) is 19.4 Å². The first-order valence-corrected chi connectivity index (χ1v) is 13.8. The number of fused-ring (bicyclic) bond motifs is 1. The first-order valence-electron chi connectivity index (χ1n) is 13.0. The number of likely N-dealkylation sites (tertiary alicyclic amines) is 1. The second-order valence-electron chi connectivity index (χ2n) is 9.79. The lowest BCUT2D eigenvalue weighted by Crippen LogP contribution is -2.31. The molecule has 3 heterocycles. The minimum absolute atomic E-state index is 0.00726. The van der Waals surface area contributed by atoms with Gasteiger partial charge in [-0.05, 0) is 30.5 Å². The van der Waals surface area contributed by atoms with Gasteiger partial charge in [-0.25, -0.2) is 14.8 Å². The molecule has 1 aliphatic heterocycles. The average Bonchev–Trinajstić information content (AvgIpc) is 3.61. The number of nitrogens with zero attached hydrogens (tertiary/aromatic N) is 4. The van der Waals surface area contributed by atoms with Crippen molar-refractivity contribution in [3.8, 4) is 11.5 Å². The van der Waals surface area contributed by atoms with Crippen LogP contribution in [0.25, 0.3) is 10.3 Å². The van der Waals surface area contributed by atoms with Crippen molar-refractivity contribution < 1.29 is 19.0 Å². The van der Waals surface area contributed by atoms with Crippen LogP contribution in [0.5, 0.6) is 11.5 Å². The molecule has 0 aliphatic carbocycles. The number of hydrogen-bond acceptors (Lipinski definition) is 8. The van der Waals surface area contributed by atoms with Crippen molar-refractivity contribution in [2.75, 3.05) is 20.8 Å². The molecule has 204 valence electrons. The topological polar surface area (TPSA) is 95.8 Å². The van der Waals surface area contributed by atoms with Gasteiger partial charge in [0.25, 0.3) is 5.56 Å². The molecule has 5 rings (SSSR count). The molecule has 1 saturated heterocycles. The van der Waals surface area contributed by atoms with Crippen LogP contribution in [0.4, 0.5) is 4.79 Å². The standard InChI is InChI=1S/C29H32N4O5S/c1-18(2)25-31-27-24(28(34)33(25)16-20-12-13-21(36-3)15-23(20)37-4)30-26(39-27)22-11-8-14-32(22)29(35)38-17-19-9-6-5-7-10-19/h5-7,9-10,12-13,15,18,22H,8,11,14,16-17H2,1-4H3/t22-/m1/s1. The summed E-state index contributed by atoms with van der Waals surface area (Å²) < 4.78 is 18.1. The van der Waals surface area contributed by atoms with Crippen LogP contribution in [0.1, 0.15) is 60.6 Å². The normalized spacial score (nSPS) is 15.2. The van der Waals surface area contributed by atoms with Gasteiger partial charge in [0.1, 0.15) is 28.9 Å². The van der Waals surface area contributed by atoms with Crippen molar-refractivity contribution in [1.29, 1.82) is 0 Å². The number of thiazole rings is 1. The Bertz CT molecular complexity index is 1530. The number of amides is 1. The summed E-state index contributed by atoms with van der Waals surface area (Å²) in [6, 6.07) is 14.9. The molecule has 0 spiro atoms. The maximum atomic E-state index is 13.8. The van der Waals surface area contributed by atoms with Crippen LogP contribution in [0.3, 0.4) is 0 Å². The third-order valence-corrected chi connectivity index (χ3v) is 7.93. The van der Waals surface area contributed by atoms with E-state index in [1.54, 1.807) is 29.8 Å². The number of carbonyl (C=O) groups is 1. The Hall–Kier alpha value is -3.92. The number of benzene rings is 2. The Kier molecular flexibility index (Phi) is 7.83. The molecular formula is C29H32N4O5S. The molecule has 4 aromatic rings. The molecule has 0 unspecified atom stereocenters. The van der Waals surface area contributed by atoms with Crippen LogP contribution in [0.2, 0.25) is 0 Å². The molecule has 1 amide bonds. The molecule has 9 nitrogen and oxygen atoms in total. The highest BCUT2D eigenvalue weighted by molar-refractivity contribution is 7.18. The van der Waals surface area contributed by atoms with Crippen LogP contribution < -0.4 is 15.0 Å². The monoisotopic (exact) mass is 548 g/mol. The van der Waals surface area contributed by atoms with Gasteiger partial charge < -0.3 is 14.2 Å². The zero-order chi connectivity index (χ0) is 27.5. The summed E-state index contributed by atoms with van der Waals surface area (Å²) in [7, 11) is 3.19. The molecule has 39 heavy (non-hydrogen) atoms. The first kappa shape index (κ1) is 26.7. The first-order chi connectivity index (χ1) is 18.9. The summed E-state index contributed by atoms with van der Waals surface area (Å²) in [6.45, 7) is 5.11. The molecule has 10 heteroatoms. The lowest BCUT2D eigenvalue weighted by molar-refractivity contribution is 0.0920. The van der Waals surface area contributed by atoms with E-state index in [9.17, 15) is 9.59 Å². The summed E-state index contributed by atoms with van der Waals surface area (Å²) in [5.41, 5.74) is 1.87. The number of methoxy groups -OCH3 is 2. The molecule has 0 bridgehead atoms. The molecule has 1 aliphatic rings. The van der Waals surface area contributed by atoms with E-state index in [4.69, 9.17) is 24.2 Å². The van der Waals surface area contributed by atoms with E-state index in [1.165, 1.54) is 11.3 Å². The van der Waals surface area contributed by atoms with Crippen LogP contribution in [0.15, 0.2) is 53.3 Å². The van der Waals surface area contributed by atoms with Crippen LogP contribution in [-0.2, 0) is 17.9 Å². The number of ether oxygens (including phenoxy) is 3. The van der Waals surface area contributed by atoms with Crippen molar-refractivity contribution in [3.63, 3.8) is 0 Å². The SMILES string of the molecule is COc1ccc(Cn2c(C(C)C)nc3sc([C@H]4CCCN4C(=O)OCc4ccccc4)nc3c2=O)c(OC)c1. The van der Waals surface area contributed by atoms with Gasteiger partial charge in [0.2, 0.25) is 0 Å². The smallest absolute Gasteiger partial charge is 0.410 e. The summed E-state index contributed by atoms with van der Waals surface area (Å²) in [5, 5.41) is 0.707. The average molecular weight is 549 g/mol. The van der Waals surface area contributed by atoms with Gasteiger partial charge >= 0.3 is 6.09 Å². The Morgan fingerprint density at radius 1 is 1.10 bits per heavy atom. The van der Waals surface area contributed by atoms with Gasteiger partial charge in [0.15, 0.2) is 10.3 Å². The zero-order valence-electron chi connectivity index (χ0n) is 22.5. The Morgan fingerprint density at radius 2 is 1.90 bits per heavy atom. The van der Waals surface area contributed by atoms with E-state index < -0.39 is 0 Å². The molecule has 0 N–H and O–H groups in total. The second kappa shape index (κ2) is 11.4. The van der Waals surface area contributed by atoms with E-state index >= 15 is 0 Å². The van der Waals surface area contributed by atoms with Gasteiger partial charge in [-0.3, -0.25) is 14.3 Å². The highest BCUT2D eigenvalue weighted by Crippen LogP contribution is 2.36. The van der Waals surface area contributed by atoms with Crippen molar-refractivity contribution in [2.24, 2.45) is 0 Å². The largest absolute Gasteiger partial charge is 0.497 e. The molecule has 0 saturated carbocycles. The van der Waals surface area contributed by atoms with E-state index in [-0.39, 0.29) is 36.8 Å². The third kappa shape index (κ3) is 5.47. The molecular weight excluding hydrogens is 516 g/mol. The molecule has 2 aromatic carbocycles. The lowest BCUT2D eigenvalue weighted by Gasteiger charge is -2.22. The summed E-state index contributed by atoms with van der Waals surface area (Å²) in [5.74, 6) is 1.98. The fraction of sp³-hybridized carbons (Fsp3) is 0.379. The van der Waals surface area contributed by atoms with E-state index in [0.717, 1.165) is 24.0 Å². The summed E-state index contributed by atoms with van der Waals surface area (Å²) >= 11 is 1.38. The maximum Gasteiger partial charge on any atom is 0.410 e. The number of rotatable bonds is 8. The summed E-state index contributed by atoms with van der Waals surface area (Å²) in [4.78, 5) is 38.7. The number of carbonyl (C=O) groups excluding carboxylic acids is 1. The van der Waals surface area contributed by atoms with E-state index in [2.05, 4.69) is 0 Å². The zero-order valence-corrected chi connectivity index (χ0v) is 23.4. The second-order valence-corrected chi connectivity index (χ2v) is 10.8. The van der Waals surface area contributed by atoms with Crippen LogP contribution >= 0.6 is 11.3 Å². The highest BCUT2D eigenvalue weighted by Gasteiger charge is 2.34. The van der Waals surface area contributed by atoms with E-state index in [0.29, 0.717) is 39.2 Å². The number of aromatic nitrogens is 3. The van der Waals surface area contributed by atoms with Crippen molar-refractivity contribution >= 4 is 27.8 Å². The van der Waals surface area contributed by atoms with E-state index in [1.807, 2.05) is 56.3 Å². The van der Waals surface area contributed by atoms with Gasteiger partial charge in [0, 0.05) is 24.1 Å². The van der Waals surface area contributed by atoms with Gasteiger partial charge in [-0.2, -0.15) is 0 Å². The van der Waals surface area contributed by atoms with Gasteiger partial charge in [-0.1, -0.05) is 55.5 Å². The minimum atomic E-state index is -0.375. The molecule has 0 radical (unpaired) electrons. The lowest BCUT2D eigenvalue weighted by atomic mass is 10.1. The maximum absolute atomic E-state index is 13.8. The number of hydrogen-bond donors (Lipinski definition) is 0. The quantitative estimate of drug-likeness (QED) is 0.286. The van der Waals surface area contributed by atoms with Crippen molar-refractivity contribution in [2.45, 2.75) is 51.8 Å². The highest BCUT2D eigenvalue weighted by atomic mass is 32.1. The van der Waals surface area contributed by atoms with Gasteiger partial charge in [-0.15, -0.1) is 0 Å². The fourth-order valence-corrected chi connectivity index (χ4v) is 5.96.